The maximum absolute atomic E-state index is 13.8. The van der Waals surface area contributed by atoms with Crippen LogP contribution in [0.25, 0.3) is 16.7 Å². The molecule has 7 nitrogen and oxygen atoms in total. The summed E-state index contributed by atoms with van der Waals surface area (Å²) in [7, 11) is 0. The van der Waals surface area contributed by atoms with E-state index in [1.165, 1.54) is 24.0 Å². The van der Waals surface area contributed by atoms with Gasteiger partial charge in [-0.05, 0) is 42.8 Å². The van der Waals surface area contributed by atoms with Gasteiger partial charge in [-0.2, -0.15) is 5.10 Å². The molecule has 0 saturated heterocycles. The van der Waals surface area contributed by atoms with Crippen LogP contribution in [-0.2, 0) is 4.79 Å². The third-order valence-electron chi connectivity index (χ3n) is 5.30. The summed E-state index contributed by atoms with van der Waals surface area (Å²) in [5, 5.41) is 8.48. The maximum atomic E-state index is 13.8. The zero-order valence-corrected chi connectivity index (χ0v) is 18.5. The predicted molar refractivity (Wildman–Crippen MR) is 122 cm³/mol. The number of amides is 1. The average Bonchev–Trinajstić information content (AvgIpc) is 3.36. The molecule has 1 atom stereocenters. The molecule has 1 unspecified atom stereocenters. The summed E-state index contributed by atoms with van der Waals surface area (Å²) < 4.78 is 16.9. The molecule has 162 valence electrons. The van der Waals surface area contributed by atoms with Crippen LogP contribution in [0.15, 0.2) is 58.6 Å². The quantitative estimate of drug-likeness (QED) is 0.449. The second-order valence-corrected chi connectivity index (χ2v) is 8.95. The number of thioether (sulfide) groups is 1. The lowest BCUT2D eigenvalue weighted by molar-refractivity contribution is -0.116. The Balaban J connectivity index is 1.44. The number of hydrogen-bond donors (Lipinski definition) is 1. The van der Waals surface area contributed by atoms with E-state index >= 15 is 0 Å². The first kappa shape index (κ1) is 20.7. The van der Waals surface area contributed by atoms with Gasteiger partial charge in [-0.1, -0.05) is 35.5 Å². The highest BCUT2D eigenvalue weighted by Gasteiger charge is 2.29. The molecule has 0 aliphatic carbocycles. The summed E-state index contributed by atoms with van der Waals surface area (Å²) in [5.41, 5.74) is 1.78. The normalized spacial score (nSPS) is 15.2. The lowest BCUT2D eigenvalue weighted by Gasteiger charge is -2.14. The smallest absolute Gasteiger partial charge is 0.265 e. The number of hydrogen-bond acceptors (Lipinski definition) is 5. The Hall–Kier alpha value is -3.17. The minimum atomic E-state index is -0.385. The van der Waals surface area contributed by atoms with Crippen molar-refractivity contribution in [1.29, 1.82) is 0 Å². The summed E-state index contributed by atoms with van der Waals surface area (Å²) in [6, 6.07) is 11.3. The molecule has 2 aromatic heterocycles. The van der Waals surface area contributed by atoms with Gasteiger partial charge < -0.3 is 5.32 Å². The van der Waals surface area contributed by atoms with Crippen LogP contribution >= 0.6 is 23.4 Å². The summed E-state index contributed by atoms with van der Waals surface area (Å²) in [4.78, 5) is 30.4. The third-order valence-corrected chi connectivity index (χ3v) is 6.63. The summed E-state index contributed by atoms with van der Waals surface area (Å²) in [6.07, 6.45) is 1.55. The largest absolute Gasteiger partial charge is 0.326 e. The molecule has 1 aliphatic heterocycles. The van der Waals surface area contributed by atoms with Gasteiger partial charge in [0.05, 0.1) is 17.9 Å². The van der Waals surface area contributed by atoms with E-state index in [0.29, 0.717) is 43.9 Å². The van der Waals surface area contributed by atoms with Gasteiger partial charge in [0, 0.05) is 22.9 Å². The van der Waals surface area contributed by atoms with E-state index in [1.54, 1.807) is 46.5 Å². The number of carbonyl (C=O) groups is 1. The van der Waals surface area contributed by atoms with Gasteiger partial charge in [0.15, 0.2) is 10.8 Å². The second-order valence-electron chi connectivity index (χ2n) is 7.52. The highest BCUT2D eigenvalue weighted by molar-refractivity contribution is 7.99. The van der Waals surface area contributed by atoms with Crippen LogP contribution in [0.1, 0.15) is 18.0 Å². The molecule has 2 aromatic carbocycles. The van der Waals surface area contributed by atoms with Gasteiger partial charge in [0.2, 0.25) is 5.91 Å². The molecule has 1 aliphatic rings. The predicted octanol–water partition coefficient (Wildman–Crippen LogP) is 4.36. The number of carbonyl (C=O) groups excluding carboxylic acids is 1. The monoisotopic (exact) mass is 469 g/mol. The van der Waals surface area contributed by atoms with Crippen LogP contribution in [0.5, 0.6) is 0 Å². The van der Waals surface area contributed by atoms with E-state index in [2.05, 4.69) is 15.4 Å². The molecule has 4 aromatic rings. The minimum Gasteiger partial charge on any atom is -0.326 e. The Labute approximate surface area is 191 Å². The fraction of sp³-hybridized carbons (Fsp3) is 0.182. The van der Waals surface area contributed by atoms with Crippen molar-refractivity contribution in [3.63, 3.8) is 0 Å². The lowest BCUT2D eigenvalue weighted by Crippen LogP contribution is -2.27. The van der Waals surface area contributed by atoms with E-state index in [0.717, 1.165) is 0 Å². The van der Waals surface area contributed by atoms with Crippen LogP contribution in [-0.4, -0.2) is 31.0 Å². The van der Waals surface area contributed by atoms with Gasteiger partial charge in [0.25, 0.3) is 5.56 Å². The van der Waals surface area contributed by atoms with Gasteiger partial charge in [-0.25, -0.2) is 14.1 Å². The SMILES string of the molecule is Cc1ccc(NC(=O)CC2CSc3nc4c(cnn4-c4cccc(Cl)c4)c(=O)n32)cc1F. The number of halogens is 2. The van der Waals surface area contributed by atoms with Crippen LogP contribution in [0.4, 0.5) is 10.1 Å². The van der Waals surface area contributed by atoms with Crippen molar-refractivity contribution in [3.8, 4) is 5.69 Å². The van der Waals surface area contributed by atoms with Crippen LogP contribution < -0.4 is 10.9 Å². The van der Waals surface area contributed by atoms with Crippen molar-refractivity contribution in [1.82, 2.24) is 19.3 Å². The number of aryl methyl sites for hydroxylation is 1. The van der Waals surface area contributed by atoms with Crippen molar-refractivity contribution in [2.24, 2.45) is 0 Å². The van der Waals surface area contributed by atoms with Crippen molar-refractivity contribution in [2.45, 2.75) is 24.5 Å². The highest BCUT2D eigenvalue weighted by atomic mass is 35.5. The minimum absolute atomic E-state index is 0.0744. The molecule has 0 saturated carbocycles. The van der Waals surface area contributed by atoms with Crippen LogP contribution in [0.3, 0.4) is 0 Å². The second kappa shape index (κ2) is 8.07. The maximum Gasteiger partial charge on any atom is 0.265 e. The number of aromatic nitrogens is 4. The molecular formula is C22H17ClFN5O2S. The van der Waals surface area contributed by atoms with Gasteiger partial charge >= 0.3 is 0 Å². The number of benzene rings is 2. The first-order chi connectivity index (χ1) is 15.4. The van der Waals surface area contributed by atoms with Crippen molar-refractivity contribution < 1.29 is 9.18 Å². The fourth-order valence-electron chi connectivity index (χ4n) is 3.67. The Morgan fingerprint density at radius 3 is 2.94 bits per heavy atom. The van der Waals surface area contributed by atoms with E-state index < -0.39 is 0 Å². The first-order valence-electron chi connectivity index (χ1n) is 9.86. The van der Waals surface area contributed by atoms with Gasteiger partial charge in [-0.3, -0.25) is 14.2 Å². The molecule has 0 spiro atoms. The van der Waals surface area contributed by atoms with Crippen LogP contribution in [0, 0.1) is 12.7 Å². The molecular weight excluding hydrogens is 453 g/mol. The van der Waals surface area contributed by atoms with Gasteiger partial charge in [0.1, 0.15) is 11.2 Å². The molecule has 0 radical (unpaired) electrons. The number of nitrogens with one attached hydrogen (secondary N) is 1. The zero-order valence-electron chi connectivity index (χ0n) is 16.9. The average molecular weight is 470 g/mol. The fourth-order valence-corrected chi connectivity index (χ4v) is 4.99. The molecule has 1 amide bonds. The first-order valence-corrected chi connectivity index (χ1v) is 11.2. The Bertz CT molecular complexity index is 1430. The molecule has 0 bridgehead atoms. The summed E-state index contributed by atoms with van der Waals surface area (Å²) in [5.74, 6) is -0.146. The number of rotatable bonds is 4. The highest BCUT2D eigenvalue weighted by Crippen LogP contribution is 2.33. The van der Waals surface area contributed by atoms with E-state index in [1.807, 2.05) is 6.07 Å². The van der Waals surface area contributed by atoms with Gasteiger partial charge in [-0.15, -0.1) is 0 Å². The summed E-state index contributed by atoms with van der Waals surface area (Å²) in [6.45, 7) is 1.66. The number of nitrogens with zero attached hydrogens (tertiary/aromatic N) is 4. The van der Waals surface area contributed by atoms with Crippen molar-refractivity contribution in [3.05, 3.63) is 75.4 Å². The summed E-state index contributed by atoms with van der Waals surface area (Å²) >= 11 is 7.50. The molecule has 5 rings (SSSR count). The van der Waals surface area contributed by atoms with Crippen molar-refractivity contribution in [2.75, 3.05) is 11.1 Å². The Morgan fingerprint density at radius 2 is 2.16 bits per heavy atom. The lowest BCUT2D eigenvalue weighted by atomic mass is 10.2. The molecule has 10 heteroatoms. The number of anilines is 1. The van der Waals surface area contributed by atoms with Crippen LogP contribution in [0.2, 0.25) is 5.02 Å². The molecule has 0 fully saturated rings. The molecule has 3 heterocycles. The Morgan fingerprint density at radius 1 is 1.31 bits per heavy atom. The topological polar surface area (TPSA) is 81.8 Å². The number of fused-ring (bicyclic) bond motifs is 2. The molecule has 32 heavy (non-hydrogen) atoms. The zero-order chi connectivity index (χ0) is 22.4. The standard InChI is InChI=1S/C22H17ClFN5O2S/c1-12-5-6-14(8-18(12)24)26-19(30)9-16-11-32-22-27-20-17(21(31)28(16)22)10-25-29(20)15-4-2-3-13(23)7-15/h2-8,10,16H,9,11H2,1H3,(H,26,30). The van der Waals surface area contributed by atoms with Crippen molar-refractivity contribution >= 4 is 46.0 Å². The molecule has 1 N–H and O–H groups in total. The Kier molecular flexibility index (Phi) is 5.22. The van der Waals surface area contributed by atoms with E-state index in [4.69, 9.17) is 11.6 Å². The third kappa shape index (κ3) is 3.67. The van der Waals surface area contributed by atoms with E-state index in [-0.39, 0.29) is 29.7 Å². The van der Waals surface area contributed by atoms with E-state index in [9.17, 15) is 14.0 Å².